The first-order valence-electron chi connectivity index (χ1n) is 11.1. The SMILES string of the molecule is CC1CN(C(=O)Nc2ccc(N3CCN(C)CC3)cn2)CCN1c1nc(N)nc2scnc12. The standard InChI is InChI=1S/C21H28N10OS/c1-14-12-30(9-10-31(14)18-17-19(33-13-24-17)27-20(22)26-18)21(32)25-16-4-3-15(11-23-16)29-7-5-28(2)6-8-29/h3-4,11,13-14H,5-10,12H2,1-2H3,(H2,22,26,27)(H,23,25,32). The van der Waals surface area contributed by atoms with Gasteiger partial charge in [-0.25, -0.2) is 19.7 Å². The summed E-state index contributed by atoms with van der Waals surface area (Å²) in [7, 11) is 2.14. The first kappa shape index (κ1) is 21.6. The van der Waals surface area contributed by atoms with Crippen molar-refractivity contribution in [1.29, 1.82) is 0 Å². The Kier molecular flexibility index (Phi) is 5.85. The molecule has 2 saturated heterocycles. The topological polar surface area (TPSA) is 120 Å². The molecule has 3 N–H and O–H groups in total. The highest BCUT2D eigenvalue weighted by molar-refractivity contribution is 7.16. The van der Waals surface area contributed by atoms with Gasteiger partial charge in [0.1, 0.15) is 11.3 Å². The van der Waals surface area contributed by atoms with Crippen molar-refractivity contribution in [2.75, 3.05) is 73.7 Å². The van der Waals surface area contributed by atoms with E-state index in [1.54, 1.807) is 10.4 Å². The number of piperazine rings is 2. The summed E-state index contributed by atoms with van der Waals surface area (Å²) >= 11 is 1.44. The lowest BCUT2D eigenvalue weighted by atomic mass is 10.2. The van der Waals surface area contributed by atoms with Crippen molar-refractivity contribution in [3.63, 3.8) is 0 Å². The minimum absolute atomic E-state index is 0.0521. The summed E-state index contributed by atoms with van der Waals surface area (Å²) in [6, 6.07) is 3.79. The number of carbonyl (C=O) groups is 1. The third-order valence-electron chi connectivity index (χ3n) is 6.24. The van der Waals surface area contributed by atoms with E-state index >= 15 is 0 Å². The molecule has 1 atom stereocenters. The van der Waals surface area contributed by atoms with Crippen molar-refractivity contribution < 1.29 is 4.79 Å². The van der Waals surface area contributed by atoms with Crippen molar-refractivity contribution in [3.05, 3.63) is 23.8 Å². The maximum Gasteiger partial charge on any atom is 0.323 e. The molecule has 0 radical (unpaired) electrons. The fraction of sp³-hybridized carbons (Fsp3) is 0.476. The fourth-order valence-corrected chi connectivity index (χ4v) is 4.98. The summed E-state index contributed by atoms with van der Waals surface area (Å²) in [5.74, 6) is 1.52. The van der Waals surface area contributed by atoms with Gasteiger partial charge in [0.2, 0.25) is 5.95 Å². The van der Waals surface area contributed by atoms with Crippen LogP contribution >= 0.6 is 11.3 Å². The van der Waals surface area contributed by atoms with Crippen LogP contribution in [0.25, 0.3) is 10.3 Å². The number of pyridine rings is 1. The monoisotopic (exact) mass is 468 g/mol. The normalized spacial score (nSPS) is 19.8. The highest BCUT2D eigenvalue weighted by Gasteiger charge is 2.30. The second-order valence-electron chi connectivity index (χ2n) is 8.52. The molecule has 2 aliphatic heterocycles. The molecule has 0 bridgehead atoms. The molecule has 1 unspecified atom stereocenters. The van der Waals surface area contributed by atoms with Crippen molar-refractivity contribution in [3.8, 4) is 0 Å². The van der Waals surface area contributed by atoms with Crippen LogP contribution in [0.5, 0.6) is 0 Å². The number of urea groups is 1. The van der Waals surface area contributed by atoms with Crippen LogP contribution in [0.3, 0.4) is 0 Å². The molecule has 12 heteroatoms. The Hall–Kier alpha value is -3.25. The number of aromatic nitrogens is 4. The number of anilines is 4. The molecule has 174 valence electrons. The van der Waals surface area contributed by atoms with E-state index in [9.17, 15) is 4.79 Å². The van der Waals surface area contributed by atoms with Crippen molar-refractivity contribution in [2.45, 2.75) is 13.0 Å². The van der Waals surface area contributed by atoms with E-state index in [1.807, 2.05) is 18.3 Å². The van der Waals surface area contributed by atoms with E-state index in [0.29, 0.717) is 25.5 Å². The van der Waals surface area contributed by atoms with Gasteiger partial charge in [-0.3, -0.25) is 5.32 Å². The van der Waals surface area contributed by atoms with Crippen molar-refractivity contribution in [2.24, 2.45) is 0 Å². The van der Waals surface area contributed by atoms with Gasteiger partial charge >= 0.3 is 6.03 Å². The molecule has 0 aliphatic carbocycles. The molecule has 2 aliphatic rings. The van der Waals surface area contributed by atoms with Crippen molar-refractivity contribution in [1.82, 2.24) is 29.7 Å². The fourth-order valence-electron chi connectivity index (χ4n) is 4.32. The maximum atomic E-state index is 12.9. The Balaban J connectivity index is 1.21. The highest BCUT2D eigenvalue weighted by atomic mass is 32.1. The zero-order chi connectivity index (χ0) is 22.9. The average molecular weight is 469 g/mol. The molecule has 0 spiro atoms. The van der Waals surface area contributed by atoms with Gasteiger partial charge in [0.05, 0.1) is 17.4 Å². The minimum atomic E-state index is -0.151. The number of nitrogens with one attached hydrogen (secondary N) is 1. The van der Waals surface area contributed by atoms with Gasteiger partial charge in [0, 0.05) is 51.9 Å². The van der Waals surface area contributed by atoms with Gasteiger partial charge in [-0.05, 0) is 26.1 Å². The molecule has 33 heavy (non-hydrogen) atoms. The largest absolute Gasteiger partial charge is 0.368 e. The van der Waals surface area contributed by atoms with Crippen LogP contribution < -0.4 is 20.9 Å². The molecule has 3 aromatic heterocycles. The summed E-state index contributed by atoms with van der Waals surface area (Å²) < 4.78 is 0. The quantitative estimate of drug-likeness (QED) is 0.590. The Bertz CT molecular complexity index is 1130. The molecule has 3 aromatic rings. The van der Waals surface area contributed by atoms with Crippen LogP contribution in [0.2, 0.25) is 0 Å². The third-order valence-corrected chi connectivity index (χ3v) is 6.95. The smallest absolute Gasteiger partial charge is 0.323 e. The molecule has 5 heterocycles. The molecule has 0 saturated carbocycles. The van der Waals surface area contributed by atoms with Gasteiger partial charge in [-0.15, -0.1) is 11.3 Å². The first-order valence-corrected chi connectivity index (χ1v) is 11.9. The predicted molar refractivity (Wildman–Crippen MR) is 131 cm³/mol. The predicted octanol–water partition coefficient (Wildman–Crippen LogP) is 1.56. The summed E-state index contributed by atoms with van der Waals surface area (Å²) in [4.78, 5) is 39.8. The molecule has 2 amide bonds. The van der Waals surface area contributed by atoms with Crippen LogP contribution in [0, 0.1) is 0 Å². The average Bonchev–Trinajstić information content (AvgIpc) is 3.28. The number of fused-ring (bicyclic) bond motifs is 1. The number of rotatable bonds is 3. The van der Waals surface area contributed by atoms with E-state index < -0.39 is 0 Å². The van der Waals surface area contributed by atoms with E-state index in [0.717, 1.165) is 48.0 Å². The van der Waals surface area contributed by atoms with Gasteiger partial charge in [-0.2, -0.15) is 4.98 Å². The maximum absolute atomic E-state index is 12.9. The Morgan fingerprint density at radius 1 is 1.12 bits per heavy atom. The van der Waals surface area contributed by atoms with Crippen molar-refractivity contribution >= 4 is 51.0 Å². The summed E-state index contributed by atoms with van der Waals surface area (Å²) in [6.45, 7) is 7.86. The number of thiazole rings is 1. The number of carbonyl (C=O) groups excluding carboxylic acids is 1. The van der Waals surface area contributed by atoms with E-state index in [4.69, 9.17) is 5.73 Å². The van der Waals surface area contributed by atoms with Crippen LogP contribution in [0.15, 0.2) is 23.8 Å². The number of amides is 2. The second kappa shape index (κ2) is 8.94. The lowest BCUT2D eigenvalue weighted by Gasteiger charge is -2.40. The molecule has 5 rings (SSSR count). The van der Waals surface area contributed by atoms with E-state index in [-0.39, 0.29) is 18.0 Å². The van der Waals surface area contributed by atoms with Crippen LogP contribution in [0.4, 0.5) is 28.1 Å². The third kappa shape index (κ3) is 4.48. The number of nitrogen functional groups attached to an aromatic ring is 1. The molecule has 0 aromatic carbocycles. The van der Waals surface area contributed by atoms with Gasteiger partial charge < -0.3 is 25.3 Å². The zero-order valence-corrected chi connectivity index (χ0v) is 19.6. The zero-order valence-electron chi connectivity index (χ0n) is 18.8. The second-order valence-corrected chi connectivity index (χ2v) is 9.36. The lowest BCUT2D eigenvalue weighted by Crippen LogP contribution is -2.55. The number of hydrogen-bond donors (Lipinski definition) is 2. The van der Waals surface area contributed by atoms with Gasteiger partial charge in [0.25, 0.3) is 0 Å². The summed E-state index contributed by atoms with van der Waals surface area (Å²) in [5.41, 5.74) is 9.49. The van der Waals surface area contributed by atoms with Gasteiger partial charge in [-0.1, -0.05) is 0 Å². The number of likely N-dealkylation sites (N-methyl/N-ethyl adjacent to an activating group) is 1. The number of nitrogens with two attached hydrogens (primary N) is 1. The molecular formula is C21H28N10OS. The Morgan fingerprint density at radius 3 is 2.67 bits per heavy atom. The van der Waals surface area contributed by atoms with E-state index in [2.05, 4.69) is 53.9 Å². The van der Waals surface area contributed by atoms with Gasteiger partial charge in [0.15, 0.2) is 10.6 Å². The van der Waals surface area contributed by atoms with Crippen LogP contribution in [0.1, 0.15) is 6.92 Å². The molecule has 11 nitrogen and oxygen atoms in total. The number of hydrogen-bond acceptors (Lipinski definition) is 10. The number of nitrogens with zero attached hydrogens (tertiary/aromatic N) is 8. The summed E-state index contributed by atoms with van der Waals surface area (Å²) in [5, 5.41) is 2.93. The Morgan fingerprint density at radius 2 is 1.94 bits per heavy atom. The summed E-state index contributed by atoms with van der Waals surface area (Å²) in [6.07, 6.45) is 1.83. The molecular weight excluding hydrogens is 440 g/mol. The highest BCUT2D eigenvalue weighted by Crippen LogP contribution is 2.29. The van der Waals surface area contributed by atoms with Crippen LogP contribution in [-0.2, 0) is 0 Å². The Labute approximate surface area is 196 Å². The first-order chi connectivity index (χ1) is 16.0. The van der Waals surface area contributed by atoms with E-state index in [1.165, 1.54) is 11.3 Å². The lowest BCUT2D eigenvalue weighted by molar-refractivity contribution is 0.200. The van der Waals surface area contributed by atoms with Crippen LogP contribution in [-0.4, -0.2) is 94.7 Å². The molecule has 2 fully saturated rings. The minimum Gasteiger partial charge on any atom is -0.368 e.